The van der Waals surface area contributed by atoms with Crippen LogP contribution in [0.4, 0.5) is 0 Å². The number of aromatic carboxylic acids is 1. The molecule has 1 heterocycles. The van der Waals surface area contributed by atoms with Crippen LogP contribution in [-0.2, 0) is 10.0 Å². The zero-order valence-electron chi connectivity index (χ0n) is 14.1. The number of para-hydroxylation sites is 1. The van der Waals surface area contributed by atoms with Crippen LogP contribution in [0.15, 0.2) is 47.4 Å². The minimum Gasteiger partial charge on any atom is -0.477 e. The van der Waals surface area contributed by atoms with Gasteiger partial charge in [-0.3, -0.25) is 0 Å². The standard InChI is InChI=1S/C18H18N2O4S/c1-11-5-4-6-14-15(17(18(21)22)19-16(11)14)12-7-9-13(10-8-12)25(23,24)20(2)3/h4-10,19H,1-3H3,(H,21,22). The molecule has 3 aromatic rings. The molecule has 0 aliphatic rings. The van der Waals surface area contributed by atoms with Gasteiger partial charge in [-0.15, -0.1) is 0 Å². The predicted molar refractivity (Wildman–Crippen MR) is 96.3 cm³/mol. The molecule has 0 unspecified atom stereocenters. The van der Waals surface area contributed by atoms with E-state index in [0.29, 0.717) is 11.1 Å². The highest BCUT2D eigenvalue weighted by molar-refractivity contribution is 7.89. The lowest BCUT2D eigenvalue weighted by Gasteiger charge is -2.11. The number of benzene rings is 2. The van der Waals surface area contributed by atoms with Crippen LogP contribution >= 0.6 is 0 Å². The molecule has 3 rings (SSSR count). The Kier molecular flexibility index (Phi) is 4.14. The molecule has 7 heteroatoms. The van der Waals surface area contributed by atoms with E-state index in [-0.39, 0.29) is 10.6 Å². The maximum Gasteiger partial charge on any atom is 0.352 e. The van der Waals surface area contributed by atoms with Crippen LogP contribution in [0.2, 0.25) is 0 Å². The predicted octanol–water partition coefficient (Wildman–Crippen LogP) is 3.09. The van der Waals surface area contributed by atoms with Crippen molar-refractivity contribution in [3.05, 3.63) is 53.7 Å². The molecule has 0 bridgehead atoms. The average Bonchev–Trinajstić information content (AvgIpc) is 2.96. The van der Waals surface area contributed by atoms with Gasteiger partial charge in [0.05, 0.1) is 4.90 Å². The van der Waals surface area contributed by atoms with Gasteiger partial charge in [-0.2, -0.15) is 0 Å². The van der Waals surface area contributed by atoms with Crippen molar-refractivity contribution in [3.8, 4) is 11.1 Å². The van der Waals surface area contributed by atoms with Crippen molar-refractivity contribution in [2.45, 2.75) is 11.8 Å². The molecule has 0 saturated carbocycles. The third-order valence-corrected chi connectivity index (χ3v) is 6.01. The number of aryl methyl sites for hydroxylation is 1. The molecule has 0 fully saturated rings. The van der Waals surface area contributed by atoms with Crippen molar-refractivity contribution in [3.63, 3.8) is 0 Å². The van der Waals surface area contributed by atoms with Crippen LogP contribution in [0.5, 0.6) is 0 Å². The van der Waals surface area contributed by atoms with Gasteiger partial charge in [-0.1, -0.05) is 30.3 Å². The second-order valence-electron chi connectivity index (χ2n) is 5.99. The quantitative estimate of drug-likeness (QED) is 0.750. The van der Waals surface area contributed by atoms with E-state index in [4.69, 9.17) is 0 Å². The molecule has 0 amide bonds. The molecule has 0 saturated heterocycles. The summed E-state index contributed by atoms with van der Waals surface area (Å²) in [4.78, 5) is 14.8. The molecule has 0 atom stereocenters. The lowest BCUT2D eigenvalue weighted by atomic mass is 10.0. The lowest BCUT2D eigenvalue weighted by Crippen LogP contribution is -2.22. The number of nitrogens with zero attached hydrogens (tertiary/aromatic N) is 1. The van der Waals surface area contributed by atoms with Crippen molar-refractivity contribution < 1.29 is 18.3 Å². The fraction of sp³-hybridized carbons (Fsp3) is 0.167. The summed E-state index contributed by atoms with van der Waals surface area (Å²) < 4.78 is 25.5. The van der Waals surface area contributed by atoms with E-state index in [9.17, 15) is 18.3 Å². The Morgan fingerprint density at radius 3 is 2.28 bits per heavy atom. The van der Waals surface area contributed by atoms with E-state index in [0.717, 1.165) is 20.8 Å². The van der Waals surface area contributed by atoms with Gasteiger partial charge in [0.15, 0.2) is 0 Å². The van der Waals surface area contributed by atoms with Gasteiger partial charge in [0, 0.05) is 30.6 Å². The first-order valence-corrected chi connectivity index (χ1v) is 9.05. The van der Waals surface area contributed by atoms with E-state index in [1.807, 2.05) is 25.1 Å². The Bertz CT molecular complexity index is 1060. The molecule has 0 radical (unpaired) electrons. The molecule has 0 spiro atoms. The van der Waals surface area contributed by atoms with Crippen molar-refractivity contribution in [2.75, 3.05) is 14.1 Å². The zero-order chi connectivity index (χ0) is 18.4. The van der Waals surface area contributed by atoms with Gasteiger partial charge in [0.2, 0.25) is 10.0 Å². The Labute approximate surface area is 145 Å². The van der Waals surface area contributed by atoms with Crippen LogP contribution < -0.4 is 0 Å². The van der Waals surface area contributed by atoms with E-state index < -0.39 is 16.0 Å². The summed E-state index contributed by atoms with van der Waals surface area (Å²) in [5.41, 5.74) is 3.00. The summed E-state index contributed by atoms with van der Waals surface area (Å²) in [7, 11) is -0.596. The number of rotatable bonds is 4. The fourth-order valence-electron chi connectivity index (χ4n) is 2.83. The average molecular weight is 358 g/mol. The zero-order valence-corrected chi connectivity index (χ0v) is 14.9. The number of sulfonamides is 1. The normalized spacial score (nSPS) is 12.0. The topological polar surface area (TPSA) is 90.5 Å². The van der Waals surface area contributed by atoms with Crippen molar-refractivity contribution in [1.82, 2.24) is 9.29 Å². The van der Waals surface area contributed by atoms with E-state index in [1.54, 1.807) is 12.1 Å². The lowest BCUT2D eigenvalue weighted by molar-refractivity contribution is 0.0692. The van der Waals surface area contributed by atoms with E-state index in [1.165, 1.54) is 26.2 Å². The molecule has 25 heavy (non-hydrogen) atoms. The first-order chi connectivity index (χ1) is 11.7. The second-order valence-corrected chi connectivity index (χ2v) is 8.14. The van der Waals surface area contributed by atoms with Crippen LogP contribution in [0, 0.1) is 6.92 Å². The largest absolute Gasteiger partial charge is 0.477 e. The minimum absolute atomic E-state index is 0.0903. The highest BCUT2D eigenvalue weighted by Gasteiger charge is 2.21. The Balaban J connectivity index is 2.22. The maximum absolute atomic E-state index is 12.2. The molecular weight excluding hydrogens is 340 g/mol. The summed E-state index contributed by atoms with van der Waals surface area (Å²) in [6, 6.07) is 11.9. The molecule has 1 aromatic heterocycles. The van der Waals surface area contributed by atoms with Crippen LogP contribution in [0.25, 0.3) is 22.0 Å². The van der Waals surface area contributed by atoms with Gasteiger partial charge >= 0.3 is 5.97 Å². The Hall–Kier alpha value is -2.64. The molecule has 0 aliphatic heterocycles. The fourth-order valence-corrected chi connectivity index (χ4v) is 3.73. The highest BCUT2D eigenvalue weighted by Crippen LogP contribution is 2.34. The smallest absolute Gasteiger partial charge is 0.352 e. The Morgan fingerprint density at radius 2 is 1.72 bits per heavy atom. The number of hydrogen-bond acceptors (Lipinski definition) is 3. The van der Waals surface area contributed by atoms with Gasteiger partial charge in [-0.05, 0) is 30.2 Å². The molecule has 2 aromatic carbocycles. The van der Waals surface area contributed by atoms with Crippen molar-refractivity contribution in [2.24, 2.45) is 0 Å². The minimum atomic E-state index is -3.53. The number of H-pyrrole nitrogens is 1. The van der Waals surface area contributed by atoms with E-state index >= 15 is 0 Å². The van der Waals surface area contributed by atoms with Crippen LogP contribution in [-0.4, -0.2) is 42.9 Å². The van der Waals surface area contributed by atoms with Crippen molar-refractivity contribution in [1.29, 1.82) is 0 Å². The summed E-state index contributed by atoms with van der Waals surface area (Å²) >= 11 is 0. The number of carboxylic acid groups (broad SMARTS) is 1. The van der Waals surface area contributed by atoms with Gasteiger partial charge in [-0.25, -0.2) is 17.5 Å². The molecule has 130 valence electrons. The molecule has 6 nitrogen and oxygen atoms in total. The summed E-state index contributed by atoms with van der Waals surface area (Å²) in [6.07, 6.45) is 0. The molecular formula is C18H18N2O4S. The number of carboxylic acids is 1. The molecule has 2 N–H and O–H groups in total. The number of fused-ring (bicyclic) bond motifs is 1. The SMILES string of the molecule is Cc1cccc2c(-c3ccc(S(=O)(=O)N(C)C)cc3)c(C(=O)O)[nH]c12. The van der Waals surface area contributed by atoms with Crippen LogP contribution in [0.1, 0.15) is 16.1 Å². The Morgan fingerprint density at radius 1 is 1.08 bits per heavy atom. The van der Waals surface area contributed by atoms with Gasteiger partial charge < -0.3 is 10.1 Å². The summed E-state index contributed by atoms with van der Waals surface area (Å²) in [6.45, 7) is 1.90. The van der Waals surface area contributed by atoms with Crippen LogP contribution in [0.3, 0.4) is 0 Å². The van der Waals surface area contributed by atoms with Gasteiger partial charge in [0.25, 0.3) is 0 Å². The highest BCUT2D eigenvalue weighted by atomic mass is 32.2. The number of aromatic nitrogens is 1. The van der Waals surface area contributed by atoms with E-state index in [2.05, 4.69) is 4.98 Å². The number of nitrogens with one attached hydrogen (secondary N) is 1. The monoisotopic (exact) mass is 358 g/mol. The maximum atomic E-state index is 12.2. The summed E-state index contributed by atoms with van der Waals surface area (Å²) in [5, 5.41) is 10.3. The third-order valence-electron chi connectivity index (χ3n) is 4.18. The number of aromatic amines is 1. The number of carbonyl (C=O) groups is 1. The summed E-state index contributed by atoms with van der Waals surface area (Å²) in [5.74, 6) is -1.06. The second kappa shape index (κ2) is 6.02. The van der Waals surface area contributed by atoms with Gasteiger partial charge in [0.1, 0.15) is 5.69 Å². The van der Waals surface area contributed by atoms with Crippen molar-refractivity contribution >= 4 is 26.9 Å². The third kappa shape index (κ3) is 2.81. The number of hydrogen-bond donors (Lipinski definition) is 2. The first-order valence-electron chi connectivity index (χ1n) is 7.61. The first kappa shape index (κ1) is 17.2. The molecule has 0 aliphatic carbocycles.